The topological polar surface area (TPSA) is 172 Å². The largest absolute Gasteiger partial charge is 0.468 e. The summed E-state index contributed by atoms with van der Waals surface area (Å²) in [6, 6.07) is 10.3. The number of anilines is 2. The molecule has 5 fully saturated rings. The highest BCUT2D eigenvalue weighted by molar-refractivity contribution is 6.90. The highest BCUT2D eigenvalue weighted by Crippen LogP contribution is 2.48. The second kappa shape index (κ2) is 23.2. The van der Waals surface area contributed by atoms with Gasteiger partial charge in [0, 0.05) is 94.0 Å². The molecule has 21 heteroatoms. The Labute approximate surface area is 484 Å². The summed E-state index contributed by atoms with van der Waals surface area (Å²) in [7, 11) is -0.863. The highest BCUT2D eigenvalue weighted by atomic mass is 35.5. The number of hydrogen-bond donors (Lipinski definition) is 1. The van der Waals surface area contributed by atoms with Gasteiger partial charge >= 0.3 is 18.1 Å². The Morgan fingerprint density at radius 1 is 0.902 bits per heavy atom. The zero-order chi connectivity index (χ0) is 58.6. The van der Waals surface area contributed by atoms with Gasteiger partial charge in [-0.05, 0) is 105 Å². The number of nitrogens with zero attached hydrogens (tertiary/aromatic N) is 8. The number of fused-ring (bicyclic) bond motifs is 4. The van der Waals surface area contributed by atoms with Crippen LogP contribution in [0.1, 0.15) is 110 Å². The molecule has 82 heavy (non-hydrogen) atoms. The molecule has 2 unspecified atom stereocenters. The molecule has 6 heterocycles. The van der Waals surface area contributed by atoms with E-state index in [9.17, 15) is 19.2 Å². The average Bonchev–Trinajstić information content (AvgIpc) is 2.64. The third-order valence-electron chi connectivity index (χ3n) is 17.2. The summed E-state index contributed by atoms with van der Waals surface area (Å²) in [5.74, 6) is 2.29. The number of halogens is 3. The third kappa shape index (κ3) is 11.7. The molecule has 2 aromatic heterocycles. The van der Waals surface area contributed by atoms with Gasteiger partial charge in [0.15, 0.2) is 12.6 Å². The molecular formula is C61H74ClF2N9O8Si. The lowest BCUT2D eigenvalue weighted by Crippen LogP contribution is -2.57. The van der Waals surface area contributed by atoms with Gasteiger partial charge in [0.2, 0.25) is 5.91 Å². The van der Waals surface area contributed by atoms with Crippen LogP contribution in [0.2, 0.25) is 21.6 Å². The number of pyridine rings is 1. The van der Waals surface area contributed by atoms with Crippen LogP contribution in [-0.4, -0.2) is 152 Å². The second-order valence-corrected chi connectivity index (χ2v) is 30.6. The predicted octanol–water partition coefficient (Wildman–Crippen LogP) is 11.0. The van der Waals surface area contributed by atoms with Crippen molar-refractivity contribution in [1.82, 2.24) is 35.0 Å². The molecule has 0 spiro atoms. The molecule has 5 aliphatic rings. The van der Waals surface area contributed by atoms with E-state index < -0.39 is 31.3 Å². The van der Waals surface area contributed by atoms with Crippen LogP contribution in [0.4, 0.5) is 29.9 Å². The van der Waals surface area contributed by atoms with Crippen molar-refractivity contribution in [3.63, 3.8) is 0 Å². The number of rotatable bonds is 15. The molecule has 5 amide bonds. The van der Waals surface area contributed by atoms with Crippen LogP contribution in [0.3, 0.4) is 0 Å². The summed E-state index contributed by atoms with van der Waals surface area (Å²) in [5.41, 5.74) is 4.65. The summed E-state index contributed by atoms with van der Waals surface area (Å²) >= 11 is 6.49. The lowest BCUT2D eigenvalue weighted by Gasteiger charge is -2.42. The van der Waals surface area contributed by atoms with E-state index in [1.165, 1.54) is 18.1 Å². The van der Waals surface area contributed by atoms with Gasteiger partial charge in [-0.2, -0.15) is 9.97 Å². The van der Waals surface area contributed by atoms with E-state index in [1.54, 1.807) is 47.5 Å². The molecule has 3 aromatic carbocycles. The fourth-order valence-electron chi connectivity index (χ4n) is 12.9. The predicted molar refractivity (Wildman–Crippen MR) is 314 cm³/mol. The number of aromatic nitrogens is 3. The monoisotopic (exact) mass is 1160 g/mol. The summed E-state index contributed by atoms with van der Waals surface area (Å²) in [5, 5.41) is 3.92. The van der Waals surface area contributed by atoms with Crippen LogP contribution < -0.4 is 24.6 Å². The van der Waals surface area contributed by atoms with Gasteiger partial charge in [0.05, 0.1) is 40.4 Å². The van der Waals surface area contributed by atoms with Crippen molar-refractivity contribution >= 4 is 76.8 Å². The Kier molecular flexibility index (Phi) is 16.5. The van der Waals surface area contributed by atoms with Crippen molar-refractivity contribution in [2.75, 3.05) is 82.7 Å². The summed E-state index contributed by atoms with van der Waals surface area (Å²) in [6.45, 7) is 22.7. The Bertz CT molecular complexity index is 3360. The van der Waals surface area contributed by atoms with Gasteiger partial charge in [-0.3, -0.25) is 34.6 Å². The summed E-state index contributed by atoms with van der Waals surface area (Å²) in [4.78, 5) is 76.0. The number of benzene rings is 3. The number of amides is 5. The third-order valence-corrected chi connectivity index (χ3v) is 23.8. The number of carbonyl (C=O) groups excluding carboxylic acids is 4. The van der Waals surface area contributed by atoms with Crippen LogP contribution >= 0.6 is 11.6 Å². The minimum Gasteiger partial charge on any atom is -0.468 e. The molecular weight excluding hydrogens is 1090 g/mol. The van der Waals surface area contributed by atoms with E-state index in [-0.39, 0.29) is 107 Å². The van der Waals surface area contributed by atoms with Crippen molar-refractivity contribution in [2.45, 2.75) is 129 Å². The van der Waals surface area contributed by atoms with Gasteiger partial charge in [-0.1, -0.05) is 65.1 Å². The number of nitrogens with one attached hydrogen (secondary N) is 1. The quantitative estimate of drug-likeness (QED) is 0.0597. The SMILES string of the molecule is COCOc1cc(-c2ncc3c(N4CC5CCC(C4)N5C(=O)OC(C)(C)C)nc(OCC4(CN5CCN(C(=O)c6ccc(Cl)c(N7CCC(=O)NC7=O)c6)CC5)CC4)nc3c2F)c2c(C#C[Si](C(C)C)(C(C)C)C(C)C)c(F)ccc2c1. The van der Waals surface area contributed by atoms with Crippen molar-refractivity contribution in [3.8, 4) is 34.5 Å². The molecule has 17 nitrogen and oxygen atoms in total. The van der Waals surface area contributed by atoms with E-state index >= 15 is 8.78 Å². The first-order valence-electron chi connectivity index (χ1n) is 28.6. The van der Waals surface area contributed by atoms with Gasteiger partial charge < -0.3 is 28.7 Å². The molecule has 436 valence electrons. The normalized spacial score (nSPS) is 19.3. The molecule has 4 saturated heterocycles. The molecule has 1 aliphatic carbocycles. The number of methoxy groups -OCH3 is 1. The Morgan fingerprint density at radius 2 is 1.60 bits per heavy atom. The maximum Gasteiger partial charge on any atom is 0.410 e. The molecule has 1 N–H and O–H groups in total. The summed E-state index contributed by atoms with van der Waals surface area (Å²) in [6.07, 6.45) is 4.58. The first-order valence-corrected chi connectivity index (χ1v) is 31.2. The smallest absolute Gasteiger partial charge is 0.410 e. The fourth-order valence-corrected chi connectivity index (χ4v) is 18.3. The van der Waals surface area contributed by atoms with Gasteiger partial charge in [-0.25, -0.2) is 18.4 Å². The minimum atomic E-state index is -2.37. The van der Waals surface area contributed by atoms with Gasteiger partial charge in [0.1, 0.15) is 42.3 Å². The fraction of sp³-hybridized carbons (Fsp3) is 0.525. The van der Waals surface area contributed by atoms with E-state index in [0.717, 1.165) is 25.7 Å². The van der Waals surface area contributed by atoms with Crippen molar-refractivity contribution in [3.05, 3.63) is 76.4 Å². The first-order chi connectivity index (χ1) is 39.0. The Hall–Kier alpha value is -6.66. The summed E-state index contributed by atoms with van der Waals surface area (Å²) < 4.78 is 58.5. The van der Waals surface area contributed by atoms with Crippen LogP contribution in [-0.2, 0) is 14.3 Å². The maximum atomic E-state index is 18.2. The van der Waals surface area contributed by atoms with Crippen molar-refractivity contribution < 1.29 is 46.9 Å². The number of piperazine rings is 2. The molecule has 0 radical (unpaired) electrons. The number of urea groups is 1. The average molecular weight is 1160 g/mol. The van der Waals surface area contributed by atoms with Gasteiger partial charge in [0.25, 0.3) is 5.91 Å². The lowest BCUT2D eigenvalue weighted by molar-refractivity contribution is -0.120. The van der Waals surface area contributed by atoms with E-state index in [1.807, 2.05) is 25.7 Å². The maximum absolute atomic E-state index is 18.2. The van der Waals surface area contributed by atoms with Gasteiger partial charge in [-0.15, -0.1) is 5.54 Å². The minimum absolute atomic E-state index is 0.0184. The number of hydrogen-bond acceptors (Lipinski definition) is 13. The molecule has 4 aliphatic heterocycles. The second-order valence-electron chi connectivity index (χ2n) is 24.7. The van der Waals surface area contributed by atoms with E-state index in [2.05, 4.69) is 68.1 Å². The zero-order valence-electron chi connectivity index (χ0n) is 48.6. The first kappa shape index (κ1) is 58.5. The van der Waals surface area contributed by atoms with Crippen LogP contribution in [0.25, 0.3) is 32.9 Å². The molecule has 1 saturated carbocycles. The lowest BCUT2D eigenvalue weighted by atomic mass is 9.95. The molecule has 2 bridgehead atoms. The van der Waals surface area contributed by atoms with Crippen LogP contribution in [0.5, 0.6) is 11.8 Å². The van der Waals surface area contributed by atoms with Crippen molar-refractivity contribution in [2.24, 2.45) is 5.41 Å². The van der Waals surface area contributed by atoms with Crippen molar-refractivity contribution in [1.29, 1.82) is 0 Å². The van der Waals surface area contributed by atoms with Crippen LogP contribution in [0, 0.1) is 28.5 Å². The number of ether oxygens (including phenoxy) is 4. The standard InChI is InChI=1S/C61H74ClF2N9O8Si/c1-36(2)82(37(3)4,38(5)6)26-18-44-48(63)16-12-39-27-43(80-35-78-10)29-45(51(39)44)53-52(64)54-46(30-65-53)55(71-31-41-13-14-42(32-71)73(41)59(77)81-60(7,8)9)68-57(67-54)79-34-61(19-20-61)33-69-22-24-70(25-23-69)56(75)40-11-15-47(62)49(28-40)72-21-17-50(74)66-58(72)76/h11-12,15-16,27-30,36-38,41-42H,13-14,17,19-25,31-35H2,1-10H3,(H,66,74,76). The molecule has 2 atom stereocenters. The number of carbonyl (C=O) groups is 4. The Balaban J connectivity index is 0.967. The van der Waals surface area contributed by atoms with E-state index in [4.69, 9.17) is 45.5 Å². The highest BCUT2D eigenvalue weighted by Gasteiger charge is 2.48. The molecule has 5 aromatic rings. The zero-order valence-corrected chi connectivity index (χ0v) is 50.3. The van der Waals surface area contributed by atoms with E-state index in [0.29, 0.717) is 89.8 Å². The number of imide groups is 1. The molecule has 10 rings (SSSR count). The van der Waals surface area contributed by atoms with Crippen LogP contribution in [0.15, 0.2) is 48.7 Å². The Morgan fingerprint density at radius 3 is 2.23 bits per heavy atom.